The van der Waals surface area contributed by atoms with E-state index in [9.17, 15) is 4.79 Å². The van der Waals surface area contributed by atoms with Crippen LogP contribution in [0, 0.1) is 18.8 Å². The number of ether oxygens (including phenoxy) is 2. The number of anilines is 1. The number of carbonyl (C=O) groups is 1. The van der Waals surface area contributed by atoms with Crippen LogP contribution in [0.25, 0.3) is 5.69 Å². The third-order valence-electron chi connectivity index (χ3n) is 6.16. The summed E-state index contributed by atoms with van der Waals surface area (Å²) in [7, 11) is 3.15. The number of aromatic nitrogens is 5. The summed E-state index contributed by atoms with van der Waals surface area (Å²) >= 11 is 0. The molecule has 1 amide bonds. The van der Waals surface area contributed by atoms with Crippen molar-refractivity contribution in [1.82, 2.24) is 29.9 Å². The second-order valence-corrected chi connectivity index (χ2v) is 8.23. The van der Waals surface area contributed by atoms with Crippen molar-refractivity contribution < 1.29 is 14.3 Å². The second-order valence-electron chi connectivity index (χ2n) is 8.23. The van der Waals surface area contributed by atoms with Gasteiger partial charge in [0.2, 0.25) is 17.7 Å². The summed E-state index contributed by atoms with van der Waals surface area (Å²) in [5.74, 6) is 2.27. The van der Waals surface area contributed by atoms with Gasteiger partial charge in [-0.15, -0.1) is 0 Å². The van der Waals surface area contributed by atoms with Crippen LogP contribution in [0.15, 0.2) is 36.7 Å². The first-order valence-corrected chi connectivity index (χ1v) is 10.5. The monoisotopic (exact) mass is 435 g/mol. The van der Waals surface area contributed by atoms with Gasteiger partial charge in [-0.25, -0.2) is 0 Å². The van der Waals surface area contributed by atoms with Gasteiger partial charge in [-0.05, 0) is 19.1 Å². The van der Waals surface area contributed by atoms with Gasteiger partial charge in [0.05, 0.1) is 43.9 Å². The molecule has 0 N–H and O–H groups in total. The van der Waals surface area contributed by atoms with Crippen LogP contribution in [0.2, 0.25) is 0 Å². The highest BCUT2D eigenvalue weighted by Gasteiger charge is 2.43. The minimum absolute atomic E-state index is 0.0150. The molecule has 10 nitrogen and oxygen atoms in total. The Bertz CT molecular complexity index is 1100. The van der Waals surface area contributed by atoms with E-state index in [1.807, 2.05) is 30.0 Å². The van der Waals surface area contributed by atoms with E-state index in [0.717, 1.165) is 18.7 Å². The molecule has 4 heterocycles. The van der Waals surface area contributed by atoms with Gasteiger partial charge in [-0.3, -0.25) is 4.79 Å². The SMILES string of the molecule is COc1cc(OC)nc(N2CC3CN(C(=O)c4cc(C)ccc4-n4nccn4)CC3C2)n1. The molecule has 2 aliphatic heterocycles. The van der Waals surface area contributed by atoms with E-state index in [4.69, 9.17) is 9.47 Å². The average molecular weight is 435 g/mol. The highest BCUT2D eigenvalue weighted by Crippen LogP contribution is 2.35. The number of benzene rings is 1. The van der Waals surface area contributed by atoms with Crippen LogP contribution in [0.4, 0.5) is 5.95 Å². The Balaban J connectivity index is 1.33. The number of hydrogen-bond acceptors (Lipinski definition) is 8. The quantitative estimate of drug-likeness (QED) is 0.596. The standard InChI is InChI=1S/C22H25N7O3/c1-14-4-5-18(29-23-6-7-24-29)17(8-14)21(30)27-10-15-12-28(13-16(15)11-27)22-25-19(31-2)9-20(26-22)32-3/h4-9,15-16H,10-13H2,1-3H3. The predicted octanol–water partition coefficient (Wildman–Crippen LogP) is 1.59. The molecular formula is C22H25N7O3. The number of hydrogen-bond donors (Lipinski definition) is 0. The second kappa shape index (κ2) is 8.10. The van der Waals surface area contributed by atoms with Crippen molar-refractivity contribution in [2.45, 2.75) is 6.92 Å². The first-order chi connectivity index (χ1) is 15.6. The van der Waals surface area contributed by atoms with Gasteiger partial charge in [-0.1, -0.05) is 11.6 Å². The summed E-state index contributed by atoms with van der Waals surface area (Å²) in [6.07, 6.45) is 3.22. The summed E-state index contributed by atoms with van der Waals surface area (Å²) in [6.45, 7) is 4.94. The Labute approximate surface area is 185 Å². The van der Waals surface area contributed by atoms with E-state index in [-0.39, 0.29) is 5.91 Å². The molecule has 0 spiro atoms. The summed E-state index contributed by atoms with van der Waals surface area (Å²) in [5, 5.41) is 8.42. The highest BCUT2D eigenvalue weighted by atomic mass is 16.5. The topological polar surface area (TPSA) is 98.5 Å². The molecule has 0 saturated carbocycles. The molecule has 0 aliphatic carbocycles. The Morgan fingerprint density at radius 3 is 2.16 bits per heavy atom. The molecule has 2 unspecified atom stereocenters. The fraction of sp³-hybridized carbons (Fsp3) is 0.409. The first kappa shape index (κ1) is 20.2. The molecule has 166 valence electrons. The van der Waals surface area contributed by atoms with E-state index < -0.39 is 0 Å². The fourth-order valence-corrected chi connectivity index (χ4v) is 4.57. The van der Waals surface area contributed by atoms with Crippen LogP contribution in [-0.4, -0.2) is 76.2 Å². The first-order valence-electron chi connectivity index (χ1n) is 10.5. The number of aryl methyl sites for hydroxylation is 1. The van der Waals surface area contributed by atoms with E-state index in [0.29, 0.717) is 53.9 Å². The molecule has 10 heteroatoms. The van der Waals surface area contributed by atoms with Gasteiger partial charge in [0.25, 0.3) is 5.91 Å². The summed E-state index contributed by atoms with van der Waals surface area (Å²) in [6, 6.07) is 7.44. The van der Waals surface area contributed by atoms with Crippen molar-refractivity contribution in [3.63, 3.8) is 0 Å². The van der Waals surface area contributed by atoms with Crippen molar-refractivity contribution in [2.24, 2.45) is 11.8 Å². The summed E-state index contributed by atoms with van der Waals surface area (Å²) < 4.78 is 10.6. The Kier molecular flexibility index (Phi) is 5.12. The van der Waals surface area contributed by atoms with Crippen molar-refractivity contribution in [2.75, 3.05) is 45.3 Å². The van der Waals surface area contributed by atoms with Crippen molar-refractivity contribution in [3.8, 4) is 17.4 Å². The maximum absolute atomic E-state index is 13.5. The van der Waals surface area contributed by atoms with E-state index in [1.165, 1.54) is 4.80 Å². The van der Waals surface area contributed by atoms with Crippen LogP contribution in [0.3, 0.4) is 0 Å². The van der Waals surface area contributed by atoms with E-state index in [1.54, 1.807) is 32.7 Å². The molecule has 1 aromatic carbocycles. The van der Waals surface area contributed by atoms with Crippen LogP contribution < -0.4 is 14.4 Å². The zero-order chi connectivity index (χ0) is 22.2. The Morgan fingerprint density at radius 2 is 1.56 bits per heavy atom. The van der Waals surface area contributed by atoms with E-state index >= 15 is 0 Å². The molecule has 2 aromatic heterocycles. The number of carbonyl (C=O) groups excluding carboxylic acids is 1. The molecule has 3 aromatic rings. The zero-order valence-electron chi connectivity index (χ0n) is 18.3. The number of likely N-dealkylation sites (tertiary alicyclic amines) is 1. The molecule has 32 heavy (non-hydrogen) atoms. The average Bonchev–Trinajstić information content (AvgIpc) is 3.55. The minimum Gasteiger partial charge on any atom is -0.481 e. The normalized spacial score (nSPS) is 19.8. The van der Waals surface area contributed by atoms with Crippen molar-refractivity contribution in [3.05, 3.63) is 47.8 Å². The van der Waals surface area contributed by atoms with Crippen molar-refractivity contribution in [1.29, 1.82) is 0 Å². The smallest absolute Gasteiger partial charge is 0.256 e. The third kappa shape index (κ3) is 3.61. The maximum atomic E-state index is 13.5. The zero-order valence-corrected chi connectivity index (χ0v) is 18.3. The Morgan fingerprint density at radius 1 is 0.938 bits per heavy atom. The molecule has 0 radical (unpaired) electrons. The lowest BCUT2D eigenvalue weighted by Gasteiger charge is -2.23. The lowest BCUT2D eigenvalue weighted by atomic mass is 10.0. The lowest BCUT2D eigenvalue weighted by Crippen LogP contribution is -2.34. The summed E-state index contributed by atoms with van der Waals surface area (Å²) in [5.41, 5.74) is 2.35. The van der Waals surface area contributed by atoms with Gasteiger partial charge in [0.15, 0.2) is 0 Å². The van der Waals surface area contributed by atoms with Gasteiger partial charge in [0.1, 0.15) is 0 Å². The molecule has 5 rings (SSSR count). The molecule has 0 bridgehead atoms. The number of amides is 1. The maximum Gasteiger partial charge on any atom is 0.256 e. The minimum atomic E-state index is 0.0150. The van der Waals surface area contributed by atoms with Gasteiger partial charge in [0, 0.05) is 38.0 Å². The number of rotatable bonds is 5. The van der Waals surface area contributed by atoms with Crippen LogP contribution in [0.5, 0.6) is 11.8 Å². The Hall–Kier alpha value is -3.69. The third-order valence-corrected chi connectivity index (χ3v) is 6.16. The number of methoxy groups -OCH3 is 2. The molecule has 2 atom stereocenters. The van der Waals surface area contributed by atoms with Crippen LogP contribution in [-0.2, 0) is 0 Å². The predicted molar refractivity (Wildman–Crippen MR) is 116 cm³/mol. The fourth-order valence-electron chi connectivity index (χ4n) is 4.57. The molecule has 2 saturated heterocycles. The molecule has 2 aliphatic rings. The lowest BCUT2D eigenvalue weighted by molar-refractivity contribution is 0.0782. The van der Waals surface area contributed by atoms with Gasteiger partial charge >= 0.3 is 0 Å². The molecular weight excluding hydrogens is 410 g/mol. The van der Waals surface area contributed by atoms with Crippen molar-refractivity contribution >= 4 is 11.9 Å². The number of nitrogens with zero attached hydrogens (tertiary/aromatic N) is 7. The largest absolute Gasteiger partial charge is 0.481 e. The highest BCUT2D eigenvalue weighted by molar-refractivity contribution is 5.98. The molecule has 2 fully saturated rings. The van der Waals surface area contributed by atoms with Gasteiger partial charge in [-0.2, -0.15) is 25.0 Å². The van der Waals surface area contributed by atoms with Crippen LogP contribution in [0.1, 0.15) is 15.9 Å². The summed E-state index contributed by atoms with van der Waals surface area (Å²) in [4.78, 5) is 28.0. The van der Waals surface area contributed by atoms with E-state index in [2.05, 4.69) is 25.1 Å². The number of fused-ring (bicyclic) bond motifs is 1. The van der Waals surface area contributed by atoms with Crippen LogP contribution >= 0.6 is 0 Å². The van der Waals surface area contributed by atoms with Gasteiger partial charge < -0.3 is 19.3 Å².